The normalized spacial score (nSPS) is 13.4. The lowest BCUT2D eigenvalue weighted by Crippen LogP contribution is -1.92. The van der Waals surface area contributed by atoms with E-state index < -0.39 is 0 Å². The zero-order valence-corrected chi connectivity index (χ0v) is 10.2. The lowest BCUT2D eigenvalue weighted by molar-refractivity contribution is 0.949. The van der Waals surface area contributed by atoms with Crippen molar-refractivity contribution in [2.75, 3.05) is 0 Å². The summed E-state index contributed by atoms with van der Waals surface area (Å²) in [5, 5.41) is 0. The van der Waals surface area contributed by atoms with Gasteiger partial charge in [0.05, 0.1) is 0 Å². The first-order valence-electron chi connectivity index (χ1n) is 5.24. The molecule has 1 aliphatic carbocycles. The molecule has 0 aromatic carbocycles. The Balaban J connectivity index is 0. The van der Waals surface area contributed by atoms with Gasteiger partial charge < -0.3 is 0 Å². The SMILES string of the molecule is C=C.C=C(C)C1=C(C)C=CCC1.CC. The number of hydrogen-bond acceptors (Lipinski definition) is 0. The van der Waals surface area contributed by atoms with Gasteiger partial charge in [0.25, 0.3) is 0 Å². The predicted molar refractivity (Wildman–Crippen MR) is 68.5 cm³/mol. The maximum absolute atomic E-state index is 3.94. The minimum Gasteiger partial charge on any atom is -0.106 e. The van der Waals surface area contributed by atoms with Gasteiger partial charge in [-0.3, -0.25) is 0 Å². The van der Waals surface area contributed by atoms with E-state index in [4.69, 9.17) is 0 Å². The third-order valence-corrected chi connectivity index (χ3v) is 1.92. The smallest absolute Gasteiger partial charge is 0.0239 e. The third kappa shape index (κ3) is 5.58. The van der Waals surface area contributed by atoms with Crippen molar-refractivity contribution in [3.8, 4) is 0 Å². The monoisotopic (exact) mass is 192 g/mol. The first-order chi connectivity index (χ1) is 6.72. The van der Waals surface area contributed by atoms with Crippen molar-refractivity contribution in [1.29, 1.82) is 0 Å². The van der Waals surface area contributed by atoms with Gasteiger partial charge in [0.15, 0.2) is 0 Å². The van der Waals surface area contributed by atoms with Crippen LogP contribution >= 0.6 is 0 Å². The van der Waals surface area contributed by atoms with E-state index in [-0.39, 0.29) is 0 Å². The Labute approximate surface area is 89.7 Å². The van der Waals surface area contributed by atoms with Gasteiger partial charge in [-0.2, -0.15) is 0 Å². The summed E-state index contributed by atoms with van der Waals surface area (Å²) in [6.07, 6.45) is 6.77. The third-order valence-electron chi connectivity index (χ3n) is 1.92. The van der Waals surface area contributed by atoms with Gasteiger partial charge in [-0.05, 0) is 37.8 Å². The second-order valence-electron chi connectivity index (χ2n) is 2.88. The van der Waals surface area contributed by atoms with Crippen molar-refractivity contribution in [2.24, 2.45) is 0 Å². The Morgan fingerprint density at radius 2 is 1.79 bits per heavy atom. The van der Waals surface area contributed by atoms with Crippen molar-refractivity contribution in [1.82, 2.24) is 0 Å². The molecule has 0 spiro atoms. The van der Waals surface area contributed by atoms with Crippen LogP contribution in [0.25, 0.3) is 0 Å². The first kappa shape index (κ1) is 15.4. The van der Waals surface area contributed by atoms with Crippen molar-refractivity contribution in [3.05, 3.63) is 48.6 Å². The Kier molecular flexibility index (Phi) is 11.1. The highest BCUT2D eigenvalue weighted by Crippen LogP contribution is 2.23. The Bertz CT molecular complexity index is 216. The van der Waals surface area contributed by atoms with E-state index in [0.717, 1.165) is 0 Å². The summed E-state index contributed by atoms with van der Waals surface area (Å²) in [6.45, 7) is 18.2. The van der Waals surface area contributed by atoms with E-state index in [9.17, 15) is 0 Å². The van der Waals surface area contributed by atoms with Gasteiger partial charge in [-0.15, -0.1) is 13.2 Å². The molecule has 0 atom stereocenters. The van der Waals surface area contributed by atoms with Gasteiger partial charge in [0.2, 0.25) is 0 Å². The predicted octanol–water partition coefficient (Wildman–Crippen LogP) is 5.06. The second-order valence-corrected chi connectivity index (χ2v) is 2.88. The summed E-state index contributed by atoms with van der Waals surface area (Å²) in [6, 6.07) is 0. The molecule has 0 aromatic heterocycles. The molecule has 14 heavy (non-hydrogen) atoms. The molecule has 0 aromatic rings. The fourth-order valence-corrected chi connectivity index (χ4v) is 1.34. The van der Waals surface area contributed by atoms with Crippen LogP contribution in [0.4, 0.5) is 0 Å². The number of hydrogen-bond donors (Lipinski definition) is 0. The molecular weight excluding hydrogens is 168 g/mol. The molecule has 0 amide bonds. The molecule has 0 bridgehead atoms. The molecule has 1 rings (SSSR count). The Morgan fingerprint density at radius 1 is 1.29 bits per heavy atom. The van der Waals surface area contributed by atoms with Crippen molar-refractivity contribution in [2.45, 2.75) is 40.5 Å². The van der Waals surface area contributed by atoms with Crippen LogP contribution in [0.5, 0.6) is 0 Å². The van der Waals surface area contributed by atoms with Gasteiger partial charge in [-0.1, -0.05) is 38.2 Å². The zero-order chi connectivity index (χ0) is 11.6. The Morgan fingerprint density at radius 3 is 2.07 bits per heavy atom. The fourth-order valence-electron chi connectivity index (χ4n) is 1.34. The summed E-state index contributed by atoms with van der Waals surface area (Å²) in [7, 11) is 0. The van der Waals surface area contributed by atoms with Crippen LogP contribution < -0.4 is 0 Å². The summed E-state index contributed by atoms with van der Waals surface area (Å²) < 4.78 is 0. The van der Waals surface area contributed by atoms with Gasteiger partial charge in [0.1, 0.15) is 0 Å². The van der Waals surface area contributed by atoms with Crippen molar-refractivity contribution >= 4 is 0 Å². The topological polar surface area (TPSA) is 0 Å². The molecule has 0 N–H and O–H groups in total. The minimum absolute atomic E-state index is 1.18. The van der Waals surface area contributed by atoms with E-state index in [2.05, 4.69) is 45.7 Å². The molecular formula is C14H24. The van der Waals surface area contributed by atoms with Crippen LogP contribution in [0.15, 0.2) is 48.6 Å². The molecule has 0 saturated heterocycles. The second kappa shape index (κ2) is 10.0. The molecule has 80 valence electrons. The highest BCUT2D eigenvalue weighted by molar-refractivity contribution is 5.38. The number of allylic oxidation sites excluding steroid dienone is 5. The van der Waals surface area contributed by atoms with Crippen molar-refractivity contribution in [3.63, 3.8) is 0 Å². The van der Waals surface area contributed by atoms with Crippen LogP contribution in [-0.2, 0) is 0 Å². The minimum atomic E-state index is 1.18. The van der Waals surface area contributed by atoms with Crippen LogP contribution in [0.1, 0.15) is 40.5 Å². The lowest BCUT2D eigenvalue weighted by Gasteiger charge is -2.12. The van der Waals surface area contributed by atoms with Crippen LogP contribution in [-0.4, -0.2) is 0 Å². The van der Waals surface area contributed by atoms with Gasteiger partial charge in [-0.25, -0.2) is 0 Å². The molecule has 0 heteroatoms. The lowest BCUT2D eigenvalue weighted by atomic mass is 9.94. The first-order valence-corrected chi connectivity index (χ1v) is 5.24. The fraction of sp³-hybridized carbons (Fsp3) is 0.429. The highest BCUT2D eigenvalue weighted by atomic mass is 14.1. The van der Waals surface area contributed by atoms with Crippen LogP contribution in [0.2, 0.25) is 0 Å². The molecule has 1 aliphatic rings. The van der Waals surface area contributed by atoms with E-state index in [1.165, 1.54) is 29.6 Å². The average Bonchev–Trinajstić information content (AvgIpc) is 2.24. The van der Waals surface area contributed by atoms with Crippen LogP contribution in [0.3, 0.4) is 0 Å². The largest absolute Gasteiger partial charge is 0.106 e. The maximum atomic E-state index is 3.94. The Hall–Kier alpha value is -1.04. The summed E-state index contributed by atoms with van der Waals surface area (Å²) >= 11 is 0. The molecule has 0 radical (unpaired) electrons. The summed E-state index contributed by atoms with van der Waals surface area (Å²) in [5.41, 5.74) is 4.06. The summed E-state index contributed by atoms with van der Waals surface area (Å²) in [5.74, 6) is 0. The van der Waals surface area contributed by atoms with E-state index in [0.29, 0.717) is 0 Å². The van der Waals surface area contributed by atoms with E-state index in [1.54, 1.807) is 0 Å². The molecule has 0 nitrogen and oxygen atoms in total. The average molecular weight is 192 g/mol. The van der Waals surface area contributed by atoms with Crippen LogP contribution in [0, 0.1) is 0 Å². The van der Waals surface area contributed by atoms with Gasteiger partial charge >= 0.3 is 0 Å². The molecule has 0 fully saturated rings. The zero-order valence-electron chi connectivity index (χ0n) is 10.2. The van der Waals surface area contributed by atoms with Gasteiger partial charge in [0, 0.05) is 0 Å². The standard InChI is InChI=1S/C10H14.C2H6.C2H4/c1-8(2)10-7-5-4-6-9(10)3;2*1-2/h4,6H,1,5,7H2,2-3H3;1-2H3;1-2H2. The van der Waals surface area contributed by atoms with Crippen molar-refractivity contribution < 1.29 is 0 Å². The number of rotatable bonds is 1. The van der Waals surface area contributed by atoms with E-state index in [1.807, 2.05) is 13.8 Å². The molecule has 0 unspecified atom stereocenters. The quantitative estimate of drug-likeness (QED) is 0.509. The highest BCUT2D eigenvalue weighted by Gasteiger charge is 2.03. The molecule has 0 saturated carbocycles. The molecule has 0 aliphatic heterocycles. The van der Waals surface area contributed by atoms with E-state index >= 15 is 0 Å². The maximum Gasteiger partial charge on any atom is -0.0239 e. The molecule has 0 heterocycles. The summed E-state index contributed by atoms with van der Waals surface area (Å²) in [4.78, 5) is 0.